The van der Waals surface area contributed by atoms with E-state index < -0.39 is 17.9 Å². The summed E-state index contributed by atoms with van der Waals surface area (Å²) < 4.78 is 15.5. The van der Waals surface area contributed by atoms with Crippen molar-refractivity contribution in [1.82, 2.24) is 0 Å². The van der Waals surface area contributed by atoms with E-state index in [0.717, 1.165) is 7.11 Å². The molecule has 9 nitrogen and oxygen atoms in total. The van der Waals surface area contributed by atoms with Gasteiger partial charge in [-0.3, -0.25) is 9.69 Å². The van der Waals surface area contributed by atoms with Crippen molar-refractivity contribution in [2.24, 2.45) is 5.73 Å². The minimum absolute atomic E-state index is 0.00883. The predicted molar refractivity (Wildman–Crippen MR) is 123 cm³/mol. The van der Waals surface area contributed by atoms with Crippen LogP contribution in [0.25, 0.3) is 0 Å². The molecular weight excluding hydrogens is 438 g/mol. The number of anilines is 1. The molecule has 1 atom stereocenters. The van der Waals surface area contributed by atoms with E-state index in [1.165, 1.54) is 38.2 Å². The average molecular weight is 461 g/mol. The van der Waals surface area contributed by atoms with Gasteiger partial charge >= 0.3 is 11.9 Å². The van der Waals surface area contributed by atoms with Crippen molar-refractivity contribution < 1.29 is 28.6 Å². The lowest BCUT2D eigenvalue weighted by molar-refractivity contribution is -0.139. The van der Waals surface area contributed by atoms with Crippen LogP contribution in [0.2, 0.25) is 0 Å². The number of carbonyl (C=O) groups is 3. The summed E-state index contributed by atoms with van der Waals surface area (Å²) in [4.78, 5) is 39.5. The quantitative estimate of drug-likeness (QED) is 0.509. The Labute approximate surface area is 196 Å². The number of nitrogens with two attached hydrogens (primary N) is 1. The number of rotatable bonds is 6. The first-order valence-electron chi connectivity index (χ1n) is 10.1. The molecule has 1 heterocycles. The third-order valence-electron chi connectivity index (χ3n) is 5.44. The minimum atomic E-state index is -0.994. The van der Waals surface area contributed by atoms with Crippen molar-refractivity contribution in [3.8, 4) is 11.8 Å². The number of ether oxygens (including phenoxy) is 3. The summed E-state index contributed by atoms with van der Waals surface area (Å²) in [7, 11) is 3.72. The number of hydrogen-bond acceptors (Lipinski definition) is 9. The Hall–Kier alpha value is -4.58. The Kier molecular flexibility index (Phi) is 7.02. The Balaban J connectivity index is 2.48. The van der Waals surface area contributed by atoms with E-state index >= 15 is 0 Å². The van der Waals surface area contributed by atoms with E-state index in [2.05, 4.69) is 6.07 Å². The standard InChI is InChI=1S/C25H23N3O6/c1-14(29)16-10-11-19(32-2)18(12-16)28-22(25(31)34-4)21(24(30)33-3)20(17(13-26)23(28)27)15-8-6-5-7-9-15/h5-12,20H,27H2,1-4H3. The maximum atomic E-state index is 13.1. The van der Waals surface area contributed by atoms with Crippen LogP contribution in [0.4, 0.5) is 5.69 Å². The number of nitriles is 1. The number of nitrogens with zero attached hydrogens (tertiary/aromatic N) is 2. The van der Waals surface area contributed by atoms with Crippen molar-refractivity contribution >= 4 is 23.4 Å². The molecule has 0 saturated carbocycles. The third kappa shape index (κ3) is 4.09. The van der Waals surface area contributed by atoms with Crippen LogP contribution in [0.3, 0.4) is 0 Å². The number of allylic oxidation sites excluding steroid dienone is 1. The summed E-state index contributed by atoms with van der Waals surface area (Å²) >= 11 is 0. The number of carbonyl (C=O) groups excluding carboxylic acids is 3. The van der Waals surface area contributed by atoms with Gasteiger partial charge in [-0.2, -0.15) is 5.26 Å². The van der Waals surface area contributed by atoms with Crippen molar-refractivity contribution in [3.63, 3.8) is 0 Å². The molecule has 0 saturated heterocycles. The molecule has 0 aliphatic carbocycles. The molecule has 0 bridgehead atoms. The average Bonchev–Trinajstić information content (AvgIpc) is 2.86. The molecule has 0 amide bonds. The molecule has 0 spiro atoms. The van der Waals surface area contributed by atoms with Crippen molar-refractivity contribution in [1.29, 1.82) is 5.26 Å². The van der Waals surface area contributed by atoms with Gasteiger partial charge in [-0.1, -0.05) is 30.3 Å². The van der Waals surface area contributed by atoms with Gasteiger partial charge < -0.3 is 19.9 Å². The van der Waals surface area contributed by atoms with Gasteiger partial charge in [0.15, 0.2) is 5.78 Å². The lowest BCUT2D eigenvalue weighted by Gasteiger charge is -2.36. The summed E-state index contributed by atoms with van der Waals surface area (Å²) in [5.74, 6) is -2.86. The van der Waals surface area contributed by atoms with E-state index in [4.69, 9.17) is 19.9 Å². The molecule has 0 fully saturated rings. The van der Waals surface area contributed by atoms with Crippen LogP contribution in [0.1, 0.15) is 28.8 Å². The Morgan fingerprint density at radius 1 is 1.00 bits per heavy atom. The van der Waals surface area contributed by atoms with Crippen molar-refractivity contribution in [2.45, 2.75) is 12.8 Å². The lowest BCUT2D eigenvalue weighted by atomic mass is 9.81. The molecule has 0 radical (unpaired) electrons. The molecule has 34 heavy (non-hydrogen) atoms. The smallest absolute Gasteiger partial charge is 0.355 e. The summed E-state index contributed by atoms with van der Waals surface area (Å²) in [6, 6.07) is 15.3. The molecule has 2 N–H and O–H groups in total. The van der Waals surface area contributed by atoms with Gasteiger partial charge in [0.2, 0.25) is 0 Å². The first kappa shape index (κ1) is 24.1. The molecule has 2 aromatic carbocycles. The zero-order valence-corrected chi connectivity index (χ0v) is 19.1. The van der Waals surface area contributed by atoms with Crippen LogP contribution in [-0.4, -0.2) is 39.1 Å². The van der Waals surface area contributed by atoms with Crippen LogP contribution in [0.15, 0.2) is 71.2 Å². The third-order valence-corrected chi connectivity index (χ3v) is 5.44. The summed E-state index contributed by atoms with van der Waals surface area (Å²) in [6.07, 6.45) is 0. The normalized spacial score (nSPS) is 15.5. The molecule has 174 valence electrons. The fraction of sp³-hybridized carbons (Fsp3) is 0.200. The van der Waals surface area contributed by atoms with Gasteiger partial charge in [-0.15, -0.1) is 0 Å². The predicted octanol–water partition coefficient (Wildman–Crippen LogP) is 2.80. The van der Waals surface area contributed by atoms with Crippen molar-refractivity contribution in [2.75, 3.05) is 26.2 Å². The van der Waals surface area contributed by atoms with Crippen LogP contribution in [0.5, 0.6) is 5.75 Å². The van der Waals surface area contributed by atoms with E-state index in [1.54, 1.807) is 36.4 Å². The second-order valence-electron chi connectivity index (χ2n) is 7.28. The highest BCUT2D eigenvalue weighted by molar-refractivity contribution is 6.07. The maximum Gasteiger partial charge on any atom is 0.355 e. The van der Waals surface area contributed by atoms with E-state index in [1.807, 2.05) is 0 Å². The molecule has 9 heteroatoms. The monoisotopic (exact) mass is 461 g/mol. The molecule has 2 aromatic rings. The highest BCUT2D eigenvalue weighted by Gasteiger charge is 2.43. The zero-order valence-electron chi connectivity index (χ0n) is 19.1. The first-order chi connectivity index (χ1) is 16.3. The van der Waals surface area contributed by atoms with E-state index in [-0.39, 0.29) is 39.9 Å². The van der Waals surface area contributed by atoms with Gasteiger partial charge in [-0.25, -0.2) is 9.59 Å². The molecule has 1 aliphatic heterocycles. The minimum Gasteiger partial charge on any atom is -0.495 e. The number of ketones is 1. The largest absolute Gasteiger partial charge is 0.495 e. The van der Waals surface area contributed by atoms with Gasteiger partial charge in [0.05, 0.1) is 50.2 Å². The van der Waals surface area contributed by atoms with Crippen LogP contribution in [-0.2, 0) is 19.1 Å². The van der Waals surface area contributed by atoms with Crippen LogP contribution < -0.4 is 15.4 Å². The number of Topliss-reactive ketones (excluding diaryl/α,β-unsaturated/α-hetero) is 1. The highest BCUT2D eigenvalue weighted by Crippen LogP contribution is 2.45. The first-order valence-corrected chi connectivity index (χ1v) is 10.1. The number of methoxy groups -OCH3 is 3. The number of hydrogen-bond donors (Lipinski definition) is 1. The van der Waals surface area contributed by atoms with Crippen LogP contribution >= 0.6 is 0 Å². The number of benzene rings is 2. The van der Waals surface area contributed by atoms with Gasteiger partial charge in [0.25, 0.3) is 0 Å². The SMILES string of the molecule is COC(=O)C1=C(C(=O)OC)N(c2cc(C(C)=O)ccc2OC)C(N)=C(C#N)C1c1ccccc1. The summed E-state index contributed by atoms with van der Waals surface area (Å²) in [5, 5.41) is 10.1. The summed E-state index contributed by atoms with van der Waals surface area (Å²) in [6.45, 7) is 1.38. The fourth-order valence-electron chi connectivity index (χ4n) is 3.85. The molecule has 3 rings (SSSR count). The van der Waals surface area contributed by atoms with Crippen LogP contribution in [0, 0.1) is 11.3 Å². The zero-order chi connectivity index (χ0) is 25.0. The Morgan fingerprint density at radius 3 is 2.18 bits per heavy atom. The molecule has 1 aliphatic rings. The molecule has 0 aromatic heterocycles. The Bertz CT molecular complexity index is 1260. The maximum absolute atomic E-state index is 13.1. The lowest BCUT2D eigenvalue weighted by Crippen LogP contribution is -2.41. The summed E-state index contributed by atoms with van der Waals surface area (Å²) in [5.41, 5.74) is 7.12. The second-order valence-corrected chi connectivity index (χ2v) is 7.28. The fourth-order valence-corrected chi connectivity index (χ4v) is 3.85. The topological polar surface area (TPSA) is 132 Å². The van der Waals surface area contributed by atoms with Gasteiger partial charge in [0, 0.05) is 5.56 Å². The Morgan fingerprint density at radius 2 is 1.65 bits per heavy atom. The van der Waals surface area contributed by atoms with Gasteiger partial charge in [0.1, 0.15) is 17.3 Å². The molecule has 1 unspecified atom stereocenters. The van der Waals surface area contributed by atoms with E-state index in [9.17, 15) is 19.6 Å². The second kappa shape index (κ2) is 9.92. The number of esters is 2. The van der Waals surface area contributed by atoms with E-state index in [0.29, 0.717) is 11.1 Å². The van der Waals surface area contributed by atoms with Crippen molar-refractivity contribution in [3.05, 3.63) is 82.3 Å². The molecular formula is C25H23N3O6. The highest BCUT2D eigenvalue weighted by atomic mass is 16.5. The van der Waals surface area contributed by atoms with Gasteiger partial charge in [-0.05, 0) is 30.7 Å².